The van der Waals surface area contributed by atoms with Crippen LogP contribution >= 0.6 is 0 Å². The Morgan fingerprint density at radius 2 is 2.05 bits per heavy atom. The molecule has 4 heteroatoms. The monoisotopic (exact) mass is 265 g/mol. The van der Waals surface area contributed by atoms with Crippen LogP contribution in [0.2, 0.25) is 0 Å². The summed E-state index contributed by atoms with van der Waals surface area (Å²) >= 11 is 0. The highest BCUT2D eigenvalue weighted by molar-refractivity contribution is 5.40. The molecule has 0 amide bonds. The summed E-state index contributed by atoms with van der Waals surface area (Å²) < 4.78 is 5.44. The Bertz CT molecular complexity index is 459. The third-order valence-corrected chi connectivity index (χ3v) is 4.39. The van der Waals surface area contributed by atoms with Crippen molar-refractivity contribution in [3.05, 3.63) is 23.8 Å². The summed E-state index contributed by atoms with van der Waals surface area (Å²) in [6.07, 6.45) is 1.26. The molecule has 0 aromatic heterocycles. The van der Waals surface area contributed by atoms with Crippen molar-refractivity contribution in [3.8, 4) is 11.5 Å². The Labute approximate surface area is 114 Å². The largest absolute Gasteiger partial charge is 0.508 e. The van der Waals surface area contributed by atoms with Crippen LogP contribution in [-0.4, -0.2) is 29.5 Å². The number of benzene rings is 1. The summed E-state index contributed by atoms with van der Waals surface area (Å²) in [6.45, 7) is 6.39. The summed E-state index contributed by atoms with van der Waals surface area (Å²) in [5, 5.41) is 22.7. The van der Waals surface area contributed by atoms with Gasteiger partial charge in [0.2, 0.25) is 0 Å². The zero-order chi connectivity index (χ0) is 14.2. The molecule has 4 nitrogen and oxygen atoms in total. The molecule has 0 saturated heterocycles. The van der Waals surface area contributed by atoms with E-state index in [0.717, 1.165) is 12.0 Å². The second-order valence-corrected chi connectivity index (χ2v) is 5.97. The number of hydrogen-bond acceptors (Lipinski definition) is 4. The molecule has 0 radical (unpaired) electrons. The van der Waals surface area contributed by atoms with Gasteiger partial charge in [-0.3, -0.25) is 0 Å². The van der Waals surface area contributed by atoms with Crippen LogP contribution in [0.15, 0.2) is 18.2 Å². The van der Waals surface area contributed by atoms with Crippen LogP contribution in [0.25, 0.3) is 0 Å². The van der Waals surface area contributed by atoms with Gasteiger partial charge >= 0.3 is 0 Å². The molecule has 106 valence electrons. The second-order valence-electron chi connectivity index (χ2n) is 5.97. The van der Waals surface area contributed by atoms with Gasteiger partial charge in [-0.15, -0.1) is 0 Å². The third kappa shape index (κ3) is 2.55. The standard InChI is InChI=1S/C15H23NO3/c1-9(11-6-5-10(17)7-12(11)18)16-13-8-14(19-4)15(13,2)3/h5-7,9,13-14,16-18H,8H2,1-4H3. The van der Waals surface area contributed by atoms with E-state index in [9.17, 15) is 10.2 Å². The molecule has 3 N–H and O–H groups in total. The van der Waals surface area contributed by atoms with Crippen molar-refractivity contribution in [1.29, 1.82) is 0 Å². The predicted molar refractivity (Wildman–Crippen MR) is 74.3 cm³/mol. The van der Waals surface area contributed by atoms with Crippen molar-refractivity contribution in [2.45, 2.75) is 45.4 Å². The Hall–Kier alpha value is -1.26. The molecule has 0 heterocycles. The highest BCUT2D eigenvalue weighted by atomic mass is 16.5. The minimum Gasteiger partial charge on any atom is -0.508 e. The number of phenolic OH excluding ortho intramolecular Hbond substituents is 2. The molecular formula is C15H23NO3. The van der Waals surface area contributed by atoms with Crippen LogP contribution in [-0.2, 0) is 4.74 Å². The van der Waals surface area contributed by atoms with Crippen LogP contribution < -0.4 is 5.32 Å². The minimum absolute atomic E-state index is 0.0303. The molecule has 0 spiro atoms. The lowest BCUT2D eigenvalue weighted by molar-refractivity contribution is -0.0999. The summed E-state index contributed by atoms with van der Waals surface area (Å²) in [5.41, 5.74) is 0.893. The van der Waals surface area contributed by atoms with Gasteiger partial charge in [-0.05, 0) is 19.4 Å². The summed E-state index contributed by atoms with van der Waals surface area (Å²) in [7, 11) is 1.75. The van der Waals surface area contributed by atoms with E-state index in [4.69, 9.17) is 4.74 Å². The third-order valence-electron chi connectivity index (χ3n) is 4.39. The number of rotatable bonds is 4. The fourth-order valence-corrected chi connectivity index (χ4v) is 2.86. The first-order valence-corrected chi connectivity index (χ1v) is 6.67. The minimum atomic E-state index is 0.0303. The highest BCUT2D eigenvalue weighted by Crippen LogP contribution is 2.43. The van der Waals surface area contributed by atoms with E-state index in [-0.39, 0.29) is 29.1 Å². The van der Waals surface area contributed by atoms with Gasteiger partial charge in [-0.25, -0.2) is 0 Å². The Morgan fingerprint density at radius 1 is 1.37 bits per heavy atom. The molecule has 0 bridgehead atoms. The quantitative estimate of drug-likeness (QED) is 0.783. The SMILES string of the molecule is COC1CC(NC(C)c2ccc(O)cc2O)C1(C)C. The van der Waals surface area contributed by atoms with Gasteiger partial charge in [0, 0.05) is 36.2 Å². The van der Waals surface area contributed by atoms with Crippen molar-refractivity contribution in [2.24, 2.45) is 5.41 Å². The maximum absolute atomic E-state index is 9.87. The second kappa shape index (κ2) is 5.02. The molecule has 3 atom stereocenters. The lowest BCUT2D eigenvalue weighted by atomic mass is 9.64. The van der Waals surface area contributed by atoms with E-state index in [1.807, 2.05) is 6.92 Å². The van der Waals surface area contributed by atoms with Crippen LogP contribution in [0.1, 0.15) is 38.8 Å². The van der Waals surface area contributed by atoms with Crippen molar-refractivity contribution < 1.29 is 14.9 Å². The summed E-state index contributed by atoms with van der Waals surface area (Å²) in [4.78, 5) is 0. The van der Waals surface area contributed by atoms with Crippen molar-refractivity contribution in [2.75, 3.05) is 7.11 Å². The average Bonchev–Trinajstić information content (AvgIpc) is 2.33. The van der Waals surface area contributed by atoms with Crippen LogP contribution in [0.5, 0.6) is 11.5 Å². The first kappa shape index (κ1) is 14.2. The van der Waals surface area contributed by atoms with Crippen molar-refractivity contribution in [3.63, 3.8) is 0 Å². The van der Waals surface area contributed by atoms with Crippen LogP contribution in [0.3, 0.4) is 0 Å². The molecule has 0 aliphatic heterocycles. The summed E-state index contributed by atoms with van der Waals surface area (Å²) in [6, 6.07) is 5.11. The Balaban J connectivity index is 2.04. The van der Waals surface area contributed by atoms with Gasteiger partial charge in [0.05, 0.1) is 6.10 Å². The molecule has 1 fully saturated rings. The Kier molecular flexibility index (Phi) is 3.74. The van der Waals surface area contributed by atoms with Crippen LogP contribution in [0, 0.1) is 5.41 Å². The maximum atomic E-state index is 9.87. The zero-order valence-electron chi connectivity index (χ0n) is 12.0. The number of nitrogens with one attached hydrogen (secondary N) is 1. The molecule has 1 aliphatic carbocycles. The fourth-order valence-electron chi connectivity index (χ4n) is 2.86. The topological polar surface area (TPSA) is 61.7 Å². The van der Waals surface area contributed by atoms with E-state index >= 15 is 0 Å². The number of hydrogen-bond donors (Lipinski definition) is 3. The lowest BCUT2D eigenvalue weighted by Gasteiger charge is -2.52. The molecule has 1 saturated carbocycles. The normalized spacial score (nSPS) is 26.7. The molecule has 1 aliphatic rings. The van der Waals surface area contributed by atoms with Crippen molar-refractivity contribution in [1.82, 2.24) is 5.32 Å². The van der Waals surface area contributed by atoms with E-state index < -0.39 is 0 Å². The van der Waals surface area contributed by atoms with Crippen molar-refractivity contribution >= 4 is 0 Å². The maximum Gasteiger partial charge on any atom is 0.124 e. The molecule has 19 heavy (non-hydrogen) atoms. The van der Waals surface area contributed by atoms with E-state index in [1.54, 1.807) is 19.2 Å². The van der Waals surface area contributed by atoms with Gasteiger partial charge in [-0.2, -0.15) is 0 Å². The molecular weight excluding hydrogens is 242 g/mol. The van der Waals surface area contributed by atoms with E-state index in [0.29, 0.717) is 6.04 Å². The number of phenols is 2. The van der Waals surface area contributed by atoms with Gasteiger partial charge in [0.15, 0.2) is 0 Å². The molecule has 3 unspecified atom stereocenters. The van der Waals surface area contributed by atoms with Gasteiger partial charge < -0.3 is 20.3 Å². The van der Waals surface area contributed by atoms with Gasteiger partial charge in [-0.1, -0.05) is 19.9 Å². The highest BCUT2D eigenvalue weighted by Gasteiger charge is 2.48. The Morgan fingerprint density at radius 3 is 2.58 bits per heavy atom. The van der Waals surface area contributed by atoms with Gasteiger partial charge in [0.25, 0.3) is 0 Å². The zero-order valence-corrected chi connectivity index (χ0v) is 12.0. The first-order valence-electron chi connectivity index (χ1n) is 6.67. The molecule has 1 aromatic rings. The predicted octanol–water partition coefficient (Wildman–Crippen LogP) is 2.56. The fraction of sp³-hybridized carbons (Fsp3) is 0.600. The smallest absolute Gasteiger partial charge is 0.124 e. The lowest BCUT2D eigenvalue weighted by Crippen LogP contribution is -2.60. The van der Waals surface area contributed by atoms with Crippen LogP contribution in [0.4, 0.5) is 0 Å². The molecule has 1 aromatic carbocycles. The van der Waals surface area contributed by atoms with E-state index in [1.165, 1.54) is 6.07 Å². The number of ether oxygens (including phenoxy) is 1. The summed E-state index contributed by atoms with van der Waals surface area (Å²) in [5.74, 6) is 0.206. The number of aromatic hydroxyl groups is 2. The average molecular weight is 265 g/mol. The first-order chi connectivity index (χ1) is 8.86. The molecule has 2 rings (SSSR count). The van der Waals surface area contributed by atoms with E-state index in [2.05, 4.69) is 19.2 Å². The number of methoxy groups -OCH3 is 1. The van der Waals surface area contributed by atoms with Gasteiger partial charge in [0.1, 0.15) is 11.5 Å².